The number of likely N-dealkylation sites (tertiary alicyclic amines) is 1. The highest BCUT2D eigenvalue weighted by atomic mass is 16.5. The number of hydrogen-bond donors (Lipinski definition) is 0. The number of para-hydroxylation sites is 1. The quantitative estimate of drug-likeness (QED) is 0.856. The minimum atomic E-state index is -0.369. The predicted octanol–water partition coefficient (Wildman–Crippen LogP) is 1.91. The number of carbonyl (C=O) groups is 1. The van der Waals surface area contributed by atoms with Gasteiger partial charge >= 0.3 is 0 Å². The minimum Gasteiger partial charge on any atom is -0.480 e. The number of rotatable bonds is 3. The van der Waals surface area contributed by atoms with Gasteiger partial charge in [-0.05, 0) is 36.6 Å². The number of nitrogens with zero attached hydrogens (tertiary/aromatic N) is 4. The Bertz CT molecular complexity index is 719. The van der Waals surface area contributed by atoms with Gasteiger partial charge in [-0.1, -0.05) is 18.2 Å². The number of hydrogen-bond acceptors (Lipinski definition) is 5. The molecule has 2 aliphatic heterocycles. The van der Waals surface area contributed by atoms with E-state index in [4.69, 9.17) is 4.74 Å². The Morgan fingerprint density at radius 1 is 1.20 bits per heavy atom. The summed E-state index contributed by atoms with van der Waals surface area (Å²) in [6.07, 6.45) is 3.84. The summed E-state index contributed by atoms with van der Waals surface area (Å²) in [7, 11) is 2.04. The molecule has 1 aromatic heterocycles. The number of piperidine rings is 1. The Labute approximate surface area is 147 Å². The van der Waals surface area contributed by atoms with Crippen molar-refractivity contribution in [1.82, 2.24) is 15.1 Å². The minimum absolute atomic E-state index is 0.108. The molecule has 0 saturated carbocycles. The van der Waals surface area contributed by atoms with Crippen LogP contribution in [0.4, 0.5) is 5.82 Å². The second-order valence-corrected chi connectivity index (χ2v) is 6.67. The van der Waals surface area contributed by atoms with Crippen LogP contribution in [0.5, 0.6) is 5.75 Å². The Morgan fingerprint density at radius 2 is 2.00 bits per heavy atom. The van der Waals surface area contributed by atoms with Crippen molar-refractivity contribution in [3.63, 3.8) is 0 Å². The lowest BCUT2D eigenvalue weighted by Crippen LogP contribution is -2.49. The number of ether oxygens (including phenoxy) is 1. The third-order valence-corrected chi connectivity index (χ3v) is 5.17. The van der Waals surface area contributed by atoms with E-state index in [2.05, 4.69) is 15.1 Å². The standard InChI is InChI=1S/C19H22N4O2/c1-22(18-7-4-10-20-21-18)15-8-11-23(12-9-15)19(24)17-13-14-5-2-3-6-16(14)25-17/h2-7,10,15,17H,8-9,11-13H2,1H3. The van der Waals surface area contributed by atoms with Crippen LogP contribution in [-0.2, 0) is 11.2 Å². The van der Waals surface area contributed by atoms with Crippen molar-refractivity contribution >= 4 is 11.7 Å². The Morgan fingerprint density at radius 3 is 2.72 bits per heavy atom. The number of carbonyl (C=O) groups excluding carboxylic acids is 1. The summed E-state index contributed by atoms with van der Waals surface area (Å²) >= 11 is 0. The molecule has 1 atom stereocenters. The maximum absolute atomic E-state index is 12.8. The van der Waals surface area contributed by atoms with Crippen LogP contribution >= 0.6 is 0 Å². The fourth-order valence-corrected chi connectivity index (χ4v) is 3.67. The van der Waals surface area contributed by atoms with Crippen molar-refractivity contribution in [2.24, 2.45) is 0 Å². The van der Waals surface area contributed by atoms with E-state index < -0.39 is 0 Å². The zero-order valence-electron chi connectivity index (χ0n) is 14.3. The lowest BCUT2D eigenvalue weighted by molar-refractivity contribution is -0.139. The van der Waals surface area contributed by atoms with Crippen LogP contribution in [0.15, 0.2) is 42.6 Å². The van der Waals surface area contributed by atoms with Crippen molar-refractivity contribution < 1.29 is 9.53 Å². The Balaban J connectivity index is 1.34. The summed E-state index contributed by atoms with van der Waals surface area (Å²) in [5, 5.41) is 8.11. The molecular formula is C19H22N4O2. The van der Waals surface area contributed by atoms with Crippen LogP contribution in [0.3, 0.4) is 0 Å². The van der Waals surface area contributed by atoms with Gasteiger partial charge in [0, 0.05) is 38.8 Å². The molecule has 0 N–H and O–H groups in total. The smallest absolute Gasteiger partial charge is 0.263 e. The second-order valence-electron chi connectivity index (χ2n) is 6.67. The van der Waals surface area contributed by atoms with E-state index >= 15 is 0 Å². The molecule has 1 saturated heterocycles. The molecule has 6 nitrogen and oxygen atoms in total. The van der Waals surface area contributed by atoms with Gasteiger partial charge in [-0.3, -0.25) is 4.79 Å². The highest BCUT2D eigenvalue weighted by Crippen LogP contribution is 2.29. The number of aromatic nitrogens is 2. The third-order valence-electron chi connectivity index (χ3n) is 5.17. The monoisotopic (exact) mass is 338 g/mol. The highest BCUT2D eigenvalue weighted by Gasteiger charge is 2.34. The van der Waals surface area contributed by atoms with Gasteiger partial charge in [0.05, 0.1) is 0 Å². The van der Waals surface area contributed by atoms with Crippen LogP contribution in [0.2, 0.25) is 0 Å². The van der Waals surface area contributed by atoms with Gasteiger partial charge in [-0.25, -0.2) is 0 Å². The Kier molecular flexibility index (Phi) is 4.26. The molecule has 2 aliphatic rings. The molecule has 130 valence electrons. The summed E-state index contributed by atoms with van der Waals surface area (Å²) in [4.78, 5) is 16.9. The van der Waals surface area contributed by atoms with E-state index in [0.29, 0.717) is 12.5 Å². The molecule has 1 amide bonds. The molecule has 0 aliphatic carbocycles. The van der Waals surface area contributed by atoms with Gasteiger partial charge in [-0.2, -0.15) is 5.10 Å². The third kappa shape index (κ3) is 3.16. The molecule has 0 spiro atoms. The maximum Gasteiger partial charge on any atom is 0.263 e. The van der Waals surface area contributed by atoms with Gasteiger partial charge in [0.1, 0.15) is 5.75 Å². The molecule has 3 heterocycles. The zero-order chi connectivity index (χ0) is 17.2. The lowest BCUT2D eigenvalue weighted by Gasteiger charge is -2.37. The first-order valence-electron chi connectivity index (χ1n) is 8.76. The molecule has 1 fully saturated rings. The first-order valence-corrected chi connectivity index (χ1v) is 8.76. The summed E-state index contributed by atoms with van der Waals surface area (Å²) in [5.41, 5.74) is 1.12. The predicted molar refractivity (Wildman–Crippen MR) is 94.6 cm³/mol. The van der Waals surface area contributed by atoms with E-state index in [9.17, 15) is 4.79 Å². The molecule has 6 heteroatoms. The SMILES string of the molecule is CN(c1cccnn1)C1CCN(C(=O)C2Cc3ccccc3O2)CC1. The van der Waals surface area contributed by atoms with Crippen molar-refractivity contribution in [2.75, 3.05) is 25.0 Å². The molecule has 25 heavy (non-hydrogen) atoms. The average Bonchev–Trinajstić information content (AvgIpc) is 3.12. The van der Waals surface area contributed by atoms with Crippen LogP contribution in [0.1, 0.15) is 18.4 Å². The molecular weight excluding hydrogens is 316 g/mol. The van der Waals surface area contributed by atoms with E-state index in [1.807, 2.05) is 48.3 Å². The molecule has 4 rings (SSSR count). The van der Waals surface area contributed by atoms with Crippen LogP contribution < -0.4 is 9.64 Å². The average molecular weight is 338 g/mol. The van der Waals surface area contributed by atoms with E-state index in [1.54, 1.807) is 6.20 Å². The van der Waals surface area contributed by atoms with Crippen molar-refractivity contribution in [3.8, 4) is 5.75 Å². The maximum atomic E-state index is 12.8. The van der Waals surface area contributed by atoms with Crippen molar-refractivity contribution in [2.45, 2.75) is 31.4 Å². The van der Waals surface area contributed by atoms with Gasteiger partial charge < -0.3 is 14.5 Å². The molecule has 0 bridgehead atoms. The van der Waals surface area contributed by atoms with Gasteiger partial charge in [-0.15, -0.1) is 5.10 Å². The van der Waals surface area contributed by atoms with Gasteiger partial charge in [0.15, 0.2) is 11.9 Å². The van der Waals surface area contributed by atoms with Crippen molar-refractivity contribution in [1.29, 1.82) is 0 Å². The van der Waals surface area contributed by atoms with Crippen molar-refractivity contribution in [3.05, 3.63) is 48.2 Å². The lowest BCUT2D eigenvalue weighted by atomic mass is 10.0. The van der Waals surface area contributed by atoms with E-state index in [0.717, 1.165) is 43.1 Å². The number of benzene rings is 1. The van der Waals surface area contributed by atoms with Crippen LogP contribution in [0.25, 0.3) is 0 Å². The second kappa shape index (κ2) is 6.70. The van der Waals surface area contributed by atoms with E-state index in [-0.39, 0.29) is 12.0 Å². The van der Waals surface area contributed by atoms with Gasteiger partial charge in [0.2, 0.25) is 0 Å². The number of fused-ring (bicyclic) bond motifs is 1. The summed E-state index contributed by atoms with van der Waals surface area (Å²) in [6.45, 7) is 1.51. The molecule has 1 unspecified atom stereocenters. The van der Waals surface area contributed by atoms with E-state index in [1.165, 1.54) is 0 Å². The molecule has 0 radical (unpaired) electrons. The first kappa shape index (κ1) is 15.9. The Hall–Kier alpha value is -2.63. The normalized spacial score (nSPS) is 20.0. The summed E-state index contributed by atoms with van der Waals surface area (Å²) in [6, 6.07) is 12.1. The van der Waals surface area contributed by atoms with Gasteiger partial charge in [0.25, 0.3) is 5.91 Å². The first-order chi connectivity index (χ1) is 12.2. The topological polar surface area (TPSA) is 58.6 Å². The van der Waals surface area contributed by atoms with Crippen LogP contribution in [-0.4, -0.2) is 53.3 Å². The number of anilines is 1. The fraction of sp³-hybridized carbons (Fsp3) is 0.421. The molecule has 1 aromatic carbocycles. The summed E-state index contributed by atoms with van der Waals surface area (Å²) < 4.78 is 5.85. The zero-order valence-corrected chi connectivity index (χ0v) is 14.3. The van der Waals surface area contributed by atoms with Crippen LogP contribution in [0, 0.1) is 0 Å². The highest BCUT2D eigenvalue weighted by molar-refractivity contribution is 5.82. The number of amides is 1. The fourth-order valence-electron chi connectivity index (χ4n) is 3.67. The molecule has 2 aromatic rings. The largest absolute Gasteiger partial charge is 0.480 e. The summed E-state index contributed by atoms with van der Waals surface area (Å²) in [5.74, 6) is 1.83.